The minimum absolute atomic E-state index is 0.0707. The summed E-state index contributed by atoms with van der Waals surface area (Å²) in [7, 11) is 3.83. The van der Waals surface area contributed by atoms with Gasteiger partial charge in [0.1, 0.15) is 5.82 Å². The third-order valence-electron chi connectivity index (χ3n) is 4.37. The molecule has 1 saturated carbocycles. The zero-order valence-corrected chi connectivity index (χ0v) is 12.6. The highest BCUT2D eigenvalue weighted by molar-refractivity contribution is 5.55. The van der Waals surface area contributed by atoms with Crippen LogP contribution in [0.3, 0.4) is 0 Å². The van der Waals surface area contributed by atoms with Crippen molar-refractivity contribution in [3.8, 4) is 0 Å². The molecule has 0 bridgehead atoms. The Labute approximate surface area is 120 Å². The summed E-state index contributed by atoms with van der Waals surface area (Å²) in [5, 5.41) is 13.7. The molecule has 0 aromatic heterocycles. The van der Waals surface area contributed by atoms with Crippen molar-refractivity contribution in [2.24, 2.45) is 0 Å². The van der Waals surface area contributed by atoms with Crippen LogP contribution >= 0.6 is 0 Å². The maximum Gasteiger partial charge on any atom is 0.123 e. The topological polar surface area (TPSA) is 35.5 Å². The van der Waals surface area contributed by atoms with Crippen LogP contribution < -0.4 is 10.2 Å². The minimum atomic E-state index is -0.594. The first-order valence-electron chi connectivity index (χ1n) is 7.35. The quantitative estimate of drug-likeness (QED) is 0.870. The van der Waals surface area contributed by atoms with E-state index in [0.29, 0.717) is 6.54 Å². The van der Waals surface area contributed by atoms with Crippen LogP contribution in [0, 0.1) is 5.82 Å². The summed E-state index contributed by atoms with van der Waals surface area (Å²) in [6, 6.07) is 4.93. The molecule has 4 heteroatoms. The van der Waals surface area contributed by atoms with Gasteiger partial charge in [-0.05, 0) is 50.6 Å². The monoisotopic (exact) mass is 280 g/mol. The van der Waals surface area contributed by atoms with Gasteiger partial charge in [-0.15, -0.1) is 0 Å². The van der Waals surface area contributed by atoms with Crippen molar-refractivity contribution < 1.29 is 9.50 Å². The standard InChI is InChI=1S/C16H25FN2O/c1-12(18-2)14-10-13(17)6-7-15(14)19(3)11-16(20)8-4-5-9-16/h6-7,10,12,18,20H,4-5,8-9,11H2,1-3H3. The molecule has 2 rings (SSSR count). The third kappa shape index (κ3) is 3.30. The molecule has 1 aliphatic rings. The summed E-state index contributed by atoms with van der Waals surface area (Å²) in [5.41, 5.74) is 1.31. The zero-order valence-electron chi connectivity index (χ0n) is 12.6. The number of nitrogens with one attached hydrogen (secondary N) is 1. The van der Waals surface area contributed by atoms with E-state index < -0.39 is 5.60 Å². The fourth-order valence-electron chi connectivity index (χ4n) is 3.09. The van der Waals surface area contributed by atoms with Crippen molar-refractivity contribution in [2.75, 3.05) is 25.5 Å². The molecule has 0 spiro atoms. The number of hydrogen-bond acceptors (Lipinski definition) is 3. The minimum Gasteiger partial charge on any atom is -0.388 e. The highest BCUT2D eigenvalue weighted by Crippen LogP contribution is 2.33. The maximum absolute atomic E-state index is 13.5. The molecule has 2 N–H and O–H groups in total. The largest absolute Gasteiger partial charge is 0.388 e. The Hall–Kier alpha value is -1.13. The number of nitrogens with zero attached hydrogens (tertiary/aromatic N) is 1. The predicted molar refractivity (Wildman–Crippen MR) is 80.6 cm³/mol. The van der Waals surface area contributed by atoms with Gasteiger partial charge in [-0.3, -0.25) is 0 Å². The summed E-state index contributed by atoms with van der Waals surface area (Å²) < 4.78 is 13.5. The summed E-state index contributed by atoms with van der Waals surface area (Å²) in [4.78, 5) is 2.05. The van der Waals surface area contributed by atoms with Gasteiger partial charge in [0.05, 0.1) is 5.60 Å². The Bertz CT molecular complexity index is 458. The number of hydrogen-bond donors (Lipinski definition) is 2. The van der Waals surface area contributed by atoms with Crippen LogP contribution in [0.1, 0.15) is 44.2 Å². The molecule has 0 radical (unpaired) electrons. The SMILES string of the molecule is CNC(C)c1cc(F)ccc1N(C)CC1(O)CCCC1. The first kappa shape index (κ1) is 15.3. The number of benzene rings is 1. The van der Waals surface area contributed by atoms with Gasteiger partial charge >= 0.3 is 0 Å². The van der Waals surface area contributed by atoms with Gasteiger partial charge in [-0.25, -0.2) is 4.39 Å². The molecular formula is C16H25FN2O. The molecule has 0 saturated heterocycles. The van der Waals surface area contributed by atoms with Gasteiger partial charge in [0.15, 0.2) is 0 Å². The number of rotatable bonds is 5. The Balaban J connectivity index is 2.22. The molecule has 1 aromatic rings. The number of aliphatic hydroxyl groups is 1. The summed E-state index contributed by atoms with van der Waals surface area (Å²) in [5.74, 6) is -0.223. The first-order chi connectivity index (χ1) is 9.45. The van der Waals surface area contributed by atoms with E-state index in [4.69, 9.17) is 0 Å². The average Bonchev–Trinajstić information content (AvgIpc) is 2.83. The molecule has 0 aliphatic heterocycles. The lowest BCUT2D eigenvalue weighted by Crippen LogP contribution is -2.39. The Morgan fingerprint density at radius 3 is 2.65 bits per heavy atom. The molecule has 3 nitrogen and oxygen atoms in total. The molecule has 0 amide bonds. The zero-order chi connectivity index (χ0) is 14.8. The van der Waals surface area contributed by atoms with Crippen LogP contribution in [-0.4, -0.2) is 31.3 Å². The predicted octanol–water partition coefficient (Wildman–Crippen LogP) is 2.85. The van der Waals surface area contributed by atoms with E-state index in [0.717, 1.165) is 36.9 Å². The van der Waals surface area contributed by atoms with Gasteiger partial charge in [-0.2, -0.15) is 0 Å². The lowest BCUT2D eigenvalue weighted by molar-refractivity contribution is 0.0559. The van der Waals surface area contributed by atoms with E-state index in [1.165, 1.54) is 6.07 Å². The fourth-order valence-corrected chi connectivity index (χ4v) is 3.09. The average molecular weight is 280 g/mol. The molecule has 1 aliphatic carbocycles. The Morgan fingerprint density at radius 2 is 2.05 bits per heavy atom. The van der Waals surface area contributed by atoms with Crippen LogP contribution in [-0.2, 0) is 0 Å². The second-order valence-corrected chi connectivity index (χ2v) is 6.00. The Morgan fingerprint density at radius 1 is 1.40 bits per heavy atom. The maximum atomic E-state index is 13.5. The lowest BCUT2D eigenvalue weighted by atomic mass is 10.00. The summed E-state index contributed by atoms with van der Waals surface area (Å²) in [6.45, 7) is 2.61. The van der Waals surface area contributed by atoms with Crippen LogP contribution in [0.25, 0.3) is 0 Å². The van der Waals surface area contributed by atoms with Crippen LogP contribution in [0.15, 0.2) is 18.2 Å². The Kier molecular flexibility index (Phi) is 4.66. The highest BCUT2D eigenvalue weighted by Gasteiger charge is 2.32. The van der Waals surface area contributed by atoms with Gasteiger partial charge in [0.25, 0.3) is 0 Å². The molecule has 112 valence electrons. The number of halogens is 1. The normalized spacial score (nSPS) is 19.1. The van der Waals surface area contributed by atoms with E-state index in [-0.39, 0.29) is 11.9 Å². The molecule has 1 unspecified atom stereocenters. The smallest absolute Gasteiger partial charge is 0.123 e. The second kappa shape index (κ2) is 6.10. The van der Waals surface area contributed by atoms with Gasteiger partial charge in [-0.1, -0.05) is 12.8 Å². The molecule has 20 heavy (non-hydrogen) atoms. The van der Waals surface area contributed by atoms with Crippen molar-refractivity contribution >= 4 is 5.69 Å². The van der Waals surface area contributed by atoms with Crippen molar-refractivity contribution in [3.05, 3.63) is 29.6 Å². The van der Waals surface area contributed by atoms with E-state index in [9.17, 15) is 9.50 Å². The van der Waals surface area contributed by atoms with Crippen molar-refractivity contribution in [3.63, 3.8) is 0 Å². The summed E-state index contributed by atoms with van der Waals surface area (Å²) in [6.07, 6.45) is 3.89. The lowest BCUT2D eigenvalue weighted by Gasteiger charge is -2.32. The van der Waals surface area contributed by atoms with Crippen LogP contribution in [0.5, 0.6) is 0 Å². The van der Waals surface area contributed by atoms with Crippen molar-refractivity contribution in [1.82, 2.24) is 5.32 Å². The van der Waals surface area contributed by atoms with E-state index in [1.54, 1.807) is 12.1 Å². The highest BCUT2D eigenvalue weighted by atomic mass is 19.1. The van der Waals surface area contributed by atoms with Gasteiger partial charge in [0, 0.05) is 25.3 Å². The van der Waals surface area contributed by atoms with Crippen LogP contribution in [0.2, 0.25) is 0 Å². The second-order valence-electron chi connectivity index (χ2n) is 6.00. The van der Waals surface area contributed by atoms with Gasteiger partial charge < -0.3 is 15.3 Å². The third-order valence-corrected chi connectivity index (χ3v) is 4.37. The van der Waals surface area contributed by atoms with E-state index in [2.05, 4.69) is 5.32 Å². The molecule has 0 heterocycles. The van der Waals surface area contributed by atoms with E-state index in [1.807, 2.05) is 25.9 Å². The van der Waals surface area contributed by atoms with Crippen molar-refractivity contribution in [2.45, 2.75) is 44.2 Å². The molecule has 1 fully saturated rings. The first-order valence-corrected chi connectivity index (χ1v) is 7.35. The van der Waals surface area contributed by atoms with Gasteiger partial charge in [0.2, 0.25) is 0 Å². The molecule has 1 aromatic carbocycles. The summed E-state index contributed by atoms with van der Waals surface area (Å²) >= 11 is 0. The molecule has 1 atom stereocenters. The van der Waals surface area contributed by atoms with E-state index >= 15 is 0 Å². The number of anilines is 1. The van der Waals surface area contributed by atoms with Crippen LogP contribution in [0.4, 0.5) is 10.1 Å². The number of likely N-dealkylation sites (N-methyl/N-ethyl adjacent to an activating group) is 1. The molecular weight excluding hydrogens is 255 g/mol. The van der Waals surface area contributed by atoms with Crippen molar-refractivity contribution in [1.29, 1.82) is 0 Å². The fraction of sp³-hybridized carbons (Fsp3) is 0.625.